The zero-order valence-corrected chi connectivity index (χ0v) is 11.4. The number of halogens is 5. The summed E-state index contributed by atoms with van der Waals surface area (Å²) in [5.74, 6) is -4.04. The third-order valence-electron chi connectivity index (χ3n) is 1.71. The van der Waals surface area contributed by atoms with Crippen molar-refractivity contribution in [1.29, 1.82) is 0 Å². The fourth-order valence-corrected chi connectivity index (χ4v) is 1.22. The molecule has 0 saturated carbocycles. The van der Waals surface area contributed by atoms with Gasteiger partial charge in [-0.15, -0.1) is 0 Å². The lowest BCUT2D eigenvalue weighted by Crippen LogP contribution is -2.36. The van der Waals surface area contributed by atoms with E-state index in [-0.39, 0.29) is 0 Å². The van der Waals surface area contributed by atoms with Crippen molar-refractivity contribution in [1.82, 2.24) is 0 Å². The molecule has 0 aromatic rings. The van der Waals surface area contributed by atoms with Gasteiger partial charge in [0.2, 0.25) is 0 Å². The van der Waals surface area contributed by atoms with E-state index >= 15 is 0 Å². The number of aliphatic imine (C=N–C) groups is 1. The van der Waals surface area contributed by atoms with Crippen LogP contribution in [0, 0.1) is 0 Å². The molecule has 0 rings (SSSR count). The highest BCUT2D eigenvalue weighted by Crippen LogP contribution is 2.27. The van der Waals surface area contributed by atoms with Crippen molar-refractivity contribution in [3.05, 3.63) is 24.4 Å². The molecule has 20 heavy (non-hydrogen) atoms. The molecule has 0 aliphatic heterocycles. The van der Waals surface area contributed by atoms with Gasteiger partial charge in [-0.1, -0.05) is 12.2 Å². The lowest BCUT2D eigenvalue weighted by Gasteiger charge is -2.16. The summed E-state index contributed by atoms with van der Waals surface area (Å²) in [6, 6.07) is 0. The van der Waals surface area contributed by atoms with Gasteiger partial charge in [0.25, 0.3) is 0 Å². The Balaban J connectivity index is 5.14. The van der Waals surface area contributed by atoms with Gasteiger partial charge in [0.1, 0.15) is 12.3 Å². The Hall–Kier alpha value is -1.29. The minimum Gasteiger partial charge on any atom is -0.256 e. The minimum atomic E-state index is -6.09. The summed E-state index contributed by atoms with van der Waals surface area (Å²) in [4.78, 5) is 3.31. The van der Waals surface area contributed by atoms with Crippen molar-refractivity contribution >= 4 is 15.8 Å². The minimum absolute atomic E-state index is 0.545. The lowest BCUT2D eigenvalue weighted by atomic mass is 10.2. The molecule has 0 radical (unpaired) electrons. The summed E-state index contributed by atoms with van der Waals surface area (Å²) in [6.07, 6.45) is 1.63. The van der Waals surface area contributed by atoms with Crippen LogP contribution >= 0.6 is 0 Å². The van der Waals surface area contributed by atoms with E-state index < -0.39 is 33.9 Å². The fraction of sp³-hybridized carbons (Fsp3) is 0.500. The highest BCUT2D eigenvalue weighted by atomic mass is 32.2. The SMILES string of the molecule is C=C/C(=N\C=C(C)C)C(F)(F)COS(=O)(=O)C(F)(F)F. The first-order valence-corrected chi connectivity index (χ1v) is 6.42. The van der Waals surface area contributed by atoms with Crippen LogP contribution in [0.4, 0.5) is 22.0 Å². The van der Waals surface area contributed by atoms with Gasteiger partial charge in [-0.05, 0) is 19.9 Å². The summed E-state index contributed by atoms with van der Waals surface area (Å²) in [6.45, 7) is 4.11. The Morgan fingerprint density at radius 1 is 1.25 bits per heavy atom. The third-order valence-corrected chi connectivity index (χ3v) is 2.70. The second-order valence-corrected chi connectivity index (χ2v) is 5.40. The molecule has 0 aromatic carbocycles. The number of hydrogen-bond acceptors (Lipinski definition) is 4. The number of alkyl halides is 5. The maximum atomic E-state index is 13.5. The van der Waals surface area contributed by atoms with E-state index in [9.17, 15) is 30.4 Å². The van der Waals surface area contributed by atoms with Crippen LogP contribution in [-0.4, -0.2) is 32.2 Å². The normalized spacial score (nSPS) is 14.1. The Labute approximate surface area is 112 Å². The first kappa shape index (κ1) is 18.7. The van der Waals surface area contributed by atoms with Crippen molar-refractivity contribution in [3.8, 4) is 0 Å². The topological polar surface area (TPSA) is 55.7 Å². The Morgan fingerprint density at radius 2 is 1.75 bits per heavy atom. The van der Waals surface area contributed by atoms with Crippen molar-refractivity contribution in [3.63, 3.8) is 0 Å². The molecule has 0 amide bonds. The second-order valence-electron chi connectivity index (χ2n) is 3.79. The predicted molar refractivity (Wildman–Crippen MR) is 62.9 cm³/mol. The summed E-state index contributed by atoms with van der Waals surface area (Å²) >= 11 is 0. The highest BCUT2D eigenvalue weighted by molar-refractivity contribution is 7.87. The van der Waals surface area contributed by atoms with Crippen LogP contribution in [0.1, 0.15) is 13.8 Å². The maximum absolute atomic E-state index is 13.5. The Morgan fingerprint density at radius 3 is 2.10 bits per heavy atom. The van der Waals surface area contributed by atoms with Crippen molar-refractivity contribution in [2.75, 3.05) is 6.61 Å². The van der Waals surface area contributed by atoms with E-state index in [4.69, 9.17) is 0 Å². The van der Waals surface area contributed by atoms with Crippen molar-refractivity contribution in [2.45, 2.75) is 25.3 Å². The van der Waals surface area contributed by atoms with Gasteiger partial charge in [-0.25, -0.2) is 0 Å². The van der Waals surface area contributed by atoms with Gasteiger partial charge >= 0.3 is 21.5 Å². The van der Waals surface area contributed by atoms with Crippen LogP contribution in [0.25, 0.3) is 0 Å². The number of hydrogen-bond donors (Lipinski definition) is 0. The van der Waals surface area contributed by atoms with Gasteiger partial charge in [0.05, 0.1) is 0 Å². The fourth-order valence-electron chi connectivity index (χ4n) is 0.787. The van der Waals surface area contributed by atoms with Crippen molar-refractivity contribution < 1.29 is 34.6 Å². The van der Waals surface area contributed by atoms with Gasteiger partial charge in [0.15, 0.2) is 0 Å². The smallest absolute Gasteiger partial charge is 0.256 e. The monoisotopic (exact) mass is 321 g/mol. The molecule has 0 aliphatic rings. The van der Waals surface area contributed by atoms with Crippen LogP contribution in [0.2, 0.25) is 0 Å². The van der Waals surface area contributed by atoms with E-state index in [1.54, 1.807) is 13.8 Å². The molecule has 0 atom stereocenters. The summed E-state index contributed by atoms with van der Waals surface area (Å²) in [7, 11) is -6.09. The van der Waals surface area contributed by atoms with E-state index in [1.807, 2.05) is 0 Å². The molecule has 0 aromatic heterocycles. The summed E-state index contributed by atoms with van der Waals surface area (Å²) in [5, 5.41) is 0. The maximum Gasteiger partial charge on any atom is 0.523 e. The van der Waals surface area contributed by atoms with Gasteiger partial charge in [0, 0.05) is 6.20 Å². The molecular formula is C10H12F5NO3S. The van der Waals surface area contributed by atoms with Crippen LogP contribution in [0.15, 0.2) is 29.4 Å². The third kappa shape index (κ3) is 5.37. The van der Waals surface area contributed by atoms with E-state index in [2.05, 4.69) is 15.8 Å². The van der Waals surface area contributed by atoms with Crippen LogP contribution in [0.3, 0.4) is 0 Å². The molecule has 0 spiro atoms. The molecule has 0 bridgehead atoms. The molecule has 0 heterocycles. The first-order valence-electron chi connectivity index (χ1n) is 5.01. The van der Waals surface area contributed by atoms with E-state index in [1.165, 1.54) is 0 Å². The first-order chi connectivity index (χ1) is 8.83. The molecule has 0 N–H and O–H groups in total. The molecule has 0 fully saturated rings. The predicted octanol–water partition coefficient (Wildman–Crippen LogP) is 3.04. The standard InChI is InChI=1S/C10H12F5NO3S/c1-4-8(16-5-7(2)3)9(11,12)6-19-20(17,18)10(13,14)15/h4-5H,1,6H2,2-3H3/b16-8+. The van der Waals surface area contributed by atoms with Gasteiger partial charge < -0.3 is 0 Å². The molecule has 116 valence electrons. The summed E-state index contributed by atoms with van der Waals surface area (Å²) in [5.41, 5.74) is -6.23. The van der Waals surface area contributed by atoms with Gasteiger partial charge in [-0.3, -0.25) is 9.18 Å². The average Bonchev–Trinajstić information content (AvgIpc) is 2.25. The van der Waals surface area contributed by atoms with Crippen LogP contribution in [0.5, 0.6) is 0 Å². The zero-order valence-electron chi connectivity index (χ0n) is 10.5. The molecule has 4 nitrogen and oxygen atoms in total. The molecule has 10 heteroatoms. The lowest BCUT2D eigenvalue weighted by molar-refractivity contribution is -0.0603. The average molecular weight is 321 g/mol. The van der Waals surface area contributed by atoms with Crippen LogP contribution in [-0.2, 0) is 14.3 Å². The zero-order chi connectivity index (χ0) is 16.2. The molecule has 0 saturated heterocycles. The van der Waals surface area contributed by atoms with E-state index in [0.29, 0.717) is 11.6 Å². The molecule has 0 unspecified atom stereocenters. The Kier molecular flexibility index (Phi) is 6.02. The number of allylic oxidation sites excluding steroid dienone is 2. The number of rotatable bonds is 6. The second kappa shape index (κ2) is 6.44. The largest absolute Gasteiger partial charge is 0.523 e. The van der Waals surface area contributed by atoms with Crippen molar-refractivity contribution in [2.24, 2.45) is 4.99 Å². The molecular weight excluding hydrogens is 309 g/mol. The van der Waals surface area contributed by atoms with Gasteiger partial charge in [-0.2, -0.15) is 30.4 Å². The highest BCUT2D eigenvalue weighted by Gasteiger charge is 2.49. The summed E-state index contributed by atoms with van der Waals surface area (Å²) < 4.78 is 87.1. The number of nitrogens with zero attached hydrogens (tertiary/aromatic N) is 1. The molecule has 0 aliphatic carbocycles. The quantitative estimate of drug-likeness (QED) is 0.327. The Bertz CT molecular complexity index is 516. The van der Waals surface area contributed by atoms with Crippen LogP contribution < -0.4 is 0 Å². The van der Waals surface area contributed by atoms with E-state index in [0.717, 1.165) is 6.20 Å².